The number of carbonyl (C=O) groups excluding carboxylic acids is 1. The van der Waals surface area contributed by atoms with Gasteiger partial charge >= 0.3 is 18.1 Å². The monoisotopic (exact) mass is 301 g/mol. The minimum absolute atomic E-state index is 0.172. The Hall–Kier alpha value is -1.47. The molecule has 0 unspecified atom stereocenters. The highest BCUT2D eigenvalue weighted by molar-refractivity contribution is 6.38. The Bertz CT molecular complexity index is 517. The second-order valence-electron chi connectivity index (χ2n) is 3.07. The van der Waals surface area contributed by atoms with Gasteiger partial charge in [0.1, 0.15) is 0 Å². The second kappa shape index (κ2) is 5.03. The van der Waals surface area contributed by atoms with E-state index in [1.54, 1.807) is 0 Å². The van der Waals surface area contributed by atoms with E-state index < -0.39 is 34.3 Å². The maximum absolute atomic E-state index is 12.0. The van der Waals surface area contributed by atoms with Crippen LogP contribution in [0.25, 0.3) is 0 Å². The van der Waals surface area contributed by atoms with Gasteiger partial charge < -0.3 is 10.4 Å². The molecule has 0 fully saturated rings. The van der Waals surface area contributed by atoms with Crippen LogP contribution in [0.4, 0.5) is 18.9 Å². The number of alkyl halides is 3. The molecular formula is C9H4Cl2F3NO3. The van der Waals surface area contributed by atoms with Crippen molar-refractivity contribution in [2.75, 3.05) is 5.32 Å². The highest BCUT2D eigenvalue weighted by atomic mass is 35.5. The van der Waals surface area contributed by atoms with Crippen molar-refractivity contribution < 1.29 is 27.9 Å². The fourth-order valence-corrected chi connectivity index (χ4v) is 1.48. The minimum atomic E-state index is -5.12. The molecule has 0 radical (unpaired) electrons. The van der Waals surface area contributed by atoms with E-state index in [0.717, 1.165) is 12.1 Å². The Balaban J connectivity index is 3.18. The molecule has 9 heteroatoms. The summed E-state index contributed by atoms with van der Waals surface area (Å²) >= 11 is 11.1. The van der Waals surface area contributed by atoms with Gasteiger partial charge in [-0.25, -0.2) is 4.79 Å². The number of nitrogens with one attached hydrogen (secondary N) is 1. The molecule has 0 spiro atoms. The van der Waals surface area contributed by atoms with Crippen LogP contribution in [0.5, 0.6) is 0 Å². The fraction of sp³-hybridized carbons (Fsp3) is 0.111. The number of carbonyl (C=O) groups is 2. The predicted molar refractivity (Wildman–Crippen MR) is 58.1 cm³/mol. The highest BCUT2D eigenvalue weighted by Crippen LogP contribution is 2.31. The zero-order valence-corrected chi connectivity index (χ0v) is 9.82. The van der Waals surface area contributed by atoms with Gasteiger partial charge in [-0.15, -0.1) is 0 Å². The average molecular weight is 302 g/mol. The van der Waals surface area contributed by atoms with Crippen molar-refractivity contribution in [3.05, 3.63) is 27.7 Å². The molecule has 18 heavy (non-hydrogen) atoms. The smallest absolute Gasteiger partial charge is 0.471 e. The summed E-state index contributed by atoms with van der Waals surface area (Å²) in [4.78, 5) is 21.4. The van der Waals surface area contributed by atoms with Crippen LogP contribution in [0.15, 0.2) is 12.1 Å². The number of carboxylic acid groups (broad SMARTS) is 1. The molecule has 0 aliphatic carbocycles. The standard InChI is InChI=1S/C9H4Cl2F3NO3/c10-3-1-4(7(16)17)6(11)5(2-3)15-8(18)9(12,13)14/h1-2H,(H,15,18)(H,16,17). The number of carboxylic acids is 1. The van der Waals surface area contributed by atoms with Crippen molar-refractivity contribution >= 4 is 40.8 Å². The SMILES string of the molecule is O=C(O)c1cc(Cl)cc(NC(=O)C(F)(F)F)c1Cl. The number of benzene rings is 1. The third-order valence-electron chi connectivity index (χ3n) is 1.77. The lowest BCUT2D eigenvalue weighted by Gasteiger charge is -2.11. The normalized spacial score (nSPS) is 11.2. The summed E-state index contributed by atoms with van der Waals surface area (Å²) in [5, 5.41) is 9.46. The molecule has 0 heterocycles. The largest absolute Gasteiger partial charge is 0.478 e. The van der Waals surface area contributed by atoms with Crippen LogP contribution in [0.2, 0.25) is 10.0 Å². The first-order valence-corrected chi connectivity index (χ1v) is 4.99. The predicted octanol–water partition coefficient (Wildman–Crippen LogP) is 3.19. The topological polar surface area (TPSA) is 66.4 Å². The molecule has 0 atom stereocenters. The van der Waals surface area contributed by atoms with Gasteiger partial charge in [-0.3, -0.25) is 4.79 Å². The zero-order valence-electron chi connectivity index (χ0n) is 8.31. The first kappa shape index (κ1) is 14.6. The molecule has 0 aliphatic heterocycles. The van der Waals surface area contributed by atoms with Gasteiger partial charge in [-0.1, -0.05) is 23.2 Å². The first-order valence-electron chi connectivity index (χ1n) is 4.23. The van der Waals surface area contributed by atoms with Crippen LogP contribution in [-0.4, -0.2) is 23.2 Å². The summed E-state index contributed by atoms with van der Waals surface area (Å²) in [6.45, 7) is 0. The lowest BCUT2D eigenvalue weighted by Crippen LogP contribution is -2.30. The number of rotatable bonds is 2. The molecule has 4 nitrogen and oxygen atoms in total. The summed E-state index contributed by atoms with van der Waals surface area (Å²) in [5.74, 6) is -3.76. The van der Waals surface area contributed by atoms with E-state index in [0.29, 0.717) is 0 Å². The van der Waals surface area contributed by atoms with Crippen molar-refractivity contribution in [1.82, 2.24) is 0 Å². The van der Waals surface area contributed by atoms with Crippen molar-refractivity contribution in [3.63, 3.8) is 0 Å². The van der Waals surface area contributed by atoms with Gasteiger partial charge in [-0.2, -0.15) is 13.2 Å². The molecule has 98 valence electrons. The minimum Gasteiger partial charge on any atom is -0.478 e. The van der Waals surface area contributed by atoms with E-state index in [4.69, 9.17) is 28.3 Å². The van der Waals surface area contributed by atoms with Gasteiger partial charge in [0.15, 0.2) is 0 Å². The number of hydrogen-bond donors (Lipinski definition) is 2. The summed E-state index contributed by atoms with van der Waals surface area (Å²) in [6, 6.07) is 1.87. The van der Waals surface area contributed by atoms with Crippen LogP contribution in [0.1, 0.15) is 10.4 Å². The van der Waals surface area contributed by atoms with Crippen molar-refractivity contribution in [2.45, 2.75) is 6.18 Å². The Morgan fingerprint density at radius 3 is 2.22 bits per heavy atom. The molecule has 0 saturated carbocycles. The van der Waals surface area contributed by atoms with E-state index in [9.17, 15) is 22.8 Å². The molecule has 0 bridgehead atoms. The quantitative estimate of drug-likeness (QED) is 0.881. The van der Waals surface area contributed by atoms with E-state index in [1.165, 1.54) is 5.32 Å². The van der Waals surface area contributed by atoms with Crippen molar-refractivity contribution in [3.8, 4) is 0 Å². The van der Waals surface area contributed by atoms with Gasteiger partial charge in [0.05, 0.1) is 16.3 Å². The lowest BCUT2D eigenvalue weighted by atomic mass is 10.2. The van der Waals surface area contributed by atoms with Crippen LogP contribution in [0, 0.1) is 0 Å². The van der Waals surface area contributed by atoms with Crippen LogP contribution >= 0.6 is 23.2 Å². The highest BCUT2D eigenvalue weighted by Gasteiger charge is 2.39. The van der Waals surface area contributed by atoms with Crippen LogP contribution in [0.3, 0.4) is 0 Å². The number of anilines is 1. The van der Waals surface area contributed by atoms with E-state index in [1.807, 2.05) is 0 Å². The van der Waals surface area contributed by atoms with Crippen molar-refractivity contribution in [2.24, 2.45) is 0 Å². The second-order valence-corrected chi connectivity index (χ2v) is 3.89. The Kier molecular flexibility index (Phi) is 4.08. The summed E-state index contributed by atoms with van der Waals surface area (Å²) < 4.78 is 36.1. The molecule has 0 aromatic heterocycles. The van der Waals surface area contributed by atoms with Gasteiger partial charge in [0.2, 0.25) is 0 Å². The van der Waals surface area contributed by atoms with E-state index >= 15 is 0 Å². The first-order chi connectivity index (χ1) is 8.12. The summed E-state index contributed by atoms with van der Waals surface area (Å²) in [7, 11) is 0. The van der Waals surface area contributed by atoms with Gasteiger partial charge in [0, 0.05) is 5.02 Å². The Morgan fingerprint density at radius 1 is 1.22 bits per heavy atom. The summed E-state index contributed by atoms with van der Waals surface area (Å²) in [5.41, 5.74) is -1.04. The maximum Gasteiger partial charge on any atom is 0.471 e. The van der Waals surface area contributed by atoms with Gasteiger partial charge in [0.25, 0.3) is 0 Å². The van der Waals surface area contributed by atoms with Gasteiger partial charge in [-0.05, 0) is 12.1 Å². The average Bonchev–Trinajstić information content (AvgIpc) is 2.21. The van der Waals surface area contributed by atoms with Crippen LogP contribution < -0.4 is 5.32 Å². The third-order valence-corrected chi connectivity index (χ3v) is 2.40. The number of amides is 1. The molecule has 1 aromatic carbocycles. The molecule has 0 aliphatic rings. The molecule has 1 aromatic rings. The number of aromatic carboxylic acids is 1. The lowest BCUT2D eigenvalue weighted by molar-refractivity contribution is -0.167. The Morgan fingerprint density at radius 2 is 1.78 bits per heavy atom. The number of hydrogen-bond acceptors (Lipinski definition) is 2. The molecule has 2 N–H and O–H groups in total. The maximum atomic E-state index is 12.0. The molecule has 1 amide bonds. The van der Waals surface area contributed by atoms with E-state index in [-0.39, 0.29) is 5.02 Å². The molecule has 0 saturated heterocycles. The Labute approximate surface area is 108 Å². The molecular weight excluding hydrogens is 298 g/mol. The fourth-order valence-electron chi connectivity index (χ4n) is 1.03. The summed E-state index contributed by atoms with van der Waals surface area (Å²) in [6.07, 6.45) is -5.12. The molecule has 1 rings (SSSR count). The third kappa shape index (κ3) is 3.27. The zero-order chi connectivity index (χ0) is 14.1. The van der Waals surface area contributed by atoms with Crippen LogP contribution in [-0.2, 0) is 4.79 Å². The van der Waals surface area contributed by atoms with Crippen molar-refractivity contribution in [1.29, 1.82) is 0 Å². The number of halogens is 5. The van der Waals surface area contributed by atoms with E-state index in [2.05, 4.69) is 0 Å².